The summed E-state index contributed by atoms with van der Waals surface area (Å²) in [6.45, 7) is 3.28. The maximum atomic E-state index is 13.5. The van der Waals surface area contributed by atoms with Crippen LogP contribution in [0.4, 0.5) is 5.69 Å². The van der Waals surface area contributed by atoms with E-state index < -0.39 is 10.0 Å². The van der Waals surface area contributed by atoms with Gasteiger partial charge in [-0.05, 0) is 56.0 Å². The third-order valence-electron chi connectivity index (χ3n) is 5.50. The molecule has 2 aliphatic heterocycles. The molecule has 0 bridgehead atoms. The molecule has 2 aromatic carbocycles. The van der Waals surface area contributed by atoms with Crippen molar-refractivity contribution in [1.29, 1.82) is 0 Å². The van der Waals surface area contributed by atoms with E-state index in [0.29, 0.717) is 36.5 Å². The molecular weight excluding hydrogens is 376 g/mol. The molecule has 1 amide bonds. The number of methoxy groups -OCH3 is 1. The molecule has 1 atom stereocenters. The van der Waals surface area contributed by atoms with Crippen LogP contribution in [0.25, 0.3) is 0 Å². The van der Waals surface area contributed by atoms with Gasteiger partial charge in [-0.15, -0.1) is 0 Å². The fraction of sp³-hybridized carbons (Fsp3) is 0.381. The van der Waals surface area contributed by atoms with Gasteiger partial charge in [-0.2, -0.15) is 0 Å². The fourth-order valence-corrected chi connectivity index (χ4v) is 5.84. The summed E-state index contributed by atoms with van der Waals surface area (Å²) in [5.74, 6) is 0.215. The zero-order valence-electron chi connectivity index (χ0n) is 16.1. The molecule has 6 nitrogen and oxygen atoms in total. The molecule has 0 aromatic heterocycles. The van der Waals surface area contributed by atoms with E-state index >= 15 is 0 Å². The van der Waals surface area contributed by atoms with Crippen LogP contribution in [0.2, 0.25) is 0 Å². The van der Waals surface area contributed by atoms with E-state index in [-0.39, 0.29) is 16.8 Å². The molecule has 1 unspecified atom stereocenters. The number of sulfonamides is 1. The molecule has 2 heterocycles. The summed E-state index contributed by atoms with van der Waals surface area (Å²) in [4.78, 5) is 14.8. The van der Waals surface area contributed by atoms with Gasteiger partial charge >= 0.3 is 0 Å². The molecule has 2 aromatic rings. The Kier molecular flexibility index (Phi) is 4.79. The van der Waals surface area contributed by atoms with E-state index in [0.717, 1.165) is 18.4 Å². The Hall–Kier alpha value is -2.54. The van der Waals surface area contributed by atoms with E-state index in [1.807, 2.05) is 31.2 Å². The third-order valence-corrected chi connectivity index (χ3v) is 7.42. The lowest BCUT2D eigenvalue weighted by molar-refractivity contribution is 0.0789. The van der Waals surface area contributed by atoms with E-state index in [2.05, 4.69) is 0 Å². The number of ether oxygens (including phenoxy) is 1. The van der Waals surface area contributed by atoms with Crippen molar-refractivity contribution in [2.24, 2.45) is 0 Å². The van der Waals surface area contributed by atoms with Gasteiger partial charge in [-0.25, -0.2) is 8.42 Å². The average Bonchev–Trinajstić information content (AvgIpc) is 3.34. The minimum atomic E-state index is -3.80. The Balaban J connectivity index is 1.76. The van der Waals surface area contributed by atoms with Crippen LogP contribution in [0.3, 0.4) is 0 Å². The van der Waals surface area contributed by atoms with Crippen LogP contribution in [-0.4, -0.2) is 45.5 Å². The predicted molar refractivity (Wildman–Crippen MR) is 107 cm³/mol. The number of hydrogen-bond acceptors (Lipinski definition) is 4. The lowest BCUT2D eigenvalue weighted by atomic mass is 10.1. The molecule has 148 valence electrons. The summed E-state index contributed by atoms with van der Waals surface area (Å²) in [6, 6.07) is 11.9. The lowest BCUT2D eigenvalue weighted by Crippen LogP contribution is -2.36. The van der Waals surface area contributed by atoms with Crippen LogP contribution in [-0.2, 0) is 16.4 Å². The van der Waals surface area contributed by atoms with Crippen LogP contribution in [0.5, 0.6) is 5.75 Å². The smallest absolute Gasteiger partial charge is 0.264 e. The monoisotopic (exact) mass is 400 g/mol. The van der Waals surface area contributed by atoms with E-state index in [1.54, 1.807) is 11.0 Å². The zero-order valence-corrected chi connectivity index (χ0v) is 16.9. The van der Waals surface area contributed by atoms with Gasteiger partial charge in [0.05, 0.1) is 23.3 Å². The summed E-state index contributed by atoms with van der Waals surface area (Å²) in [6.07, 6.45) is 2.60. The third kappa shape index (κ3) is 3.03. The van der Waals surface area contributed by atoms with Crippen LogP contribution in [0, 0.1) is 0 Å². The summed E-state index contributed by atoms with van der Waals surface area (Å²) in [5, 5.41) is 0. The van der Waals surface area contributed by atoms with Gasteiger partial charge in [0.1, 0.15) is 5.75 Å². The molecule has 0 spiro atoms. The van der Waals surface area contributed by atoms with Crippen LogP contribution >= 0.6 is 0 Å². The van der Waals surface area contributed by atoms with Gasteiger partial charge in [0, 0.05) is 19.1 Å². The summed E-state index contributed by atoms with van der Waals surface area (Å²) in [7, 11) is -2.31. The molecule has 2 aliphatic rings. The quantitative estimate of drug-likeness (QED) is 0.791. The predicted octanol–water partition coefficient (Wildman–Crippen LogP) is 3.07. The average molecular weight is 401 g/mol. The van der Waals surface area contributed by atoms with Crippen molar-refractivity contribution < 1.29 is 17.9 Å². The molecule has 0 saturated carbocycles. The first kappa shape index (κ1) is 18.8. The van der Waals surface area contributed by atoms with Gasteiger partial charge in [0.15, 0.2) is 0 Å². The maximum Gasteiger partial charge on any atom is 0.264 e. The number of rotatable bonds is 4. The number of nitrogens with zero attached hydrogens (tertiary/aromatic N) is 2. The van der Waals surface area contributed by atoms with Gasteiger partial charge < -0.3 is 9.64 Å². The number of fused-ring (bicyclic) bond motifs is 1. The largest absolute Gasteiger partial charge is 0.496 e. The minimum absolute atomic E-state index is 0.111. The molecule has 4 rings (SSSR count). The number of para-hydroxylation sites is 1. The normalized spacial score (nSPS) is 19.0. The second kappa shape index (κ2) is 7.13. The highest BCUT2D eigenvalue weighted by molar-refractivity contribution is 7.92. The molecule has 7 heteroatoms. The van der Waals surface area contributed by atoms with E-state index in [1.165, 1.54) is 23.5 Å². The molecule has 28 heavy (non-hydrogen) atoms. The Morgan fingerprint density at radius 3 is 2.54 bits per heavy atom. The second-order valence-electron chi connectivity index (χ2n) is 7.34. The number of hydrogen-bond donors (Lipinski definition) is 0. The molecular formula is C21H24N2O4S. The first-order valence-corrected chi connectivity index (χ1v) is 11.0. The molecule has 0 radical (unpaired) electrons. The van der Waals surface area contributed by atoms with E-state index in [9.17, 15) is 13.2 Å². The van der Waals surface area contributed by atoms with Crippen molar-refractivity contribution in [3.8, 4) is 5.75 Å². The molecule has 0 aliphatic carbocycles. The van der Waals surface area contributed by atoms with Crippen LogP contribution < -0.4 is 9.04 Å². The van der Waals surface area contributed by atoms with Crippen molar-refractivity contribution in [2.45, 2.75) is 37.1 Å². The number of carbonyl (C=O) groups excluding carboxylic acids is 1. The second-order valence-corrected chi connectivity index (χ2v) is 9.16. The number of anilines is 1. The number of benzene rings is 2. The number of likely N-dealkylation sites (tertiary alicyclic amines) is 1. The summed E-state index contributed by atoms with van der Waals surface area (Å²) >= 11 is 0. The standard InChI is InChI=1S/C21H24N2O4S/c1-15-13-16-7-3-4-8-19(16)23(15)28(25,26)17-9-10-20(27-2)18(14-17)21(24)22-11-5-6-12-22/h3-4,7-10,14-15H,5-6,11-13H2,1-2H3. The molecule has 1 saturated heterocycles. The minimum Gasteiger partial charge on any atom is -0.496 e. The van der Waals surface area contributed by atoms with Crippen molar-refractivity contribution in [1.82, 2.24) is 4.90 Å². The van der Waals surface area contributed by atoms with Gasteiger partial charge in [-0.1, -0.05) is 18.2 Å². The van der Waals surface area contributed by atoms with Gasteiger partial charge in [0.25, 0.3) is 15.9 Å². The van der Waals surface area contributed by atoms with Crippen molar-refractivity contribution in [3.05, 3.63) is 53.6 Å². The van der Waals surface area contributed by atoms with Gasteiger partial charge in [0.2, 0.25) is 0 Å². The van der Waals surface area contributed by atoms with Crippen molar-refractivity contribution >= 4 is 21.6 Å². The van der Waals surface area contributed by atoms with Crippen molar-refractivity contribution in [2.75, 3.05) is 24.5 Å². The van der Waals surface area contributed by atoms with E-state index in [4.69, 9.17) is 4.74 Å². The Labute approximate surface area is 165 Å². The summed E-state index contributed by atoms with van der Waals surface area (Å²) < 4.78 is 33.7. The first-order chi connectivity index (χ1) is 13.4. The Morgan fingerprint density at radius 2 is 1.82 bits per heavy atom. The zero-order chi connectivity index (χ0) is 19.9. The summed E-state index contributed by atoms with van der Waals surface area (Å²) in [5.41, 5.74) is 2.02. The molecule has 0 N–H and O–H groups in total. The fourth-order valence-electron chi connectivity index (χ4n) is 4.12. The maximum absolute atomic E-state index is 13.5. The first-order valence-electron chi connectivity index (χ1n) is 9.53. The highest BCUT2D eigenvalue weighted by atomic mass is 32.2. The number of carbonyl (C=O) groups is 1. The van der Waals surface area contributed by atoms with Crippen molar-refractivity contribution in [3.63, 3.8) is 0 Å². The molecule has 1 fully saturated rings. The van der Waals surface area contributed by atoms with Crippen LogP contribution in [0.15, 0.2) is 47.4 Å². The highest BCUT2D eigenvalue weighted by Gasteiger charge is 2.36. The Morgan fingerprint density at radius 1 is 1.11 bits per heavy atom. The topological polar surface area (TPSA) is 66.9 Å². The Bertz CT molecular complexity index is 1010. The number of amides is 1. The van der Waals surface area contributed by atoms with Crippen LogP contribution in [0.1, 0.15) is 35.7 Å². The van der Waals surface area contributed by atoms with Gasteiger partial charge in [-0.3, -0.25) is 9.10 Å². The SMILES string of the molecule is COc1ccc(S(=O)(=O)N2c3ccccc3CC2C)cc1C(=O)N1CCCC1. The lowest BCUT2D eigenvalue weighted by Gasteiger charge is -2.25. The highest BCUT2D eigenvalue weighted by Crippen LogP contribution is 2.37.